The summed E-state index contributed by atoms with van der Waals surface area (Å²) in [6.07, 6.45) is 0.259. The van der Waals surface area contributed by atoms with Crippen molar-refractivity contribution >= 4 is 38.8 Å². The molecule has 18 heavy (non-hydrogen) atoms. The second-order valence-electron chi connectivity index (χ2n) is 4.67. The first-order valence-corrected chi connectivity index (χ1v) is 7.16. The van der Waals surface area contributed by atoms with Crippen molar-refractivity contribution in [1.29, 1.82) is 0 Å². The maximum absolute atomic E-state index is 5.66. The lowest BCUT2D eigenvalue weighted by Crippen LogP contribution is -2.47. The van der Waals surface area contributed by atoms with E-state index in [1.165, 1.54) is 5.69 Å². The summed E-state index contributed by atoms with van der Waals surface area (Å²) in [5.74, 6) is 0. The highest BCUT2D eigenvalue weighted by molar-refractivity contribution is 9.10. The van der Waals surface area contributed by atoms with Gasteiger partial charge in [0.25, 0.3) is 0 Å². The highest BCUT2D eigenvalue weighted by atomic mass is 79.9. The second kappa shape index (κ2) is 5.55. The van der Waals surface area contributed by atoms with Crippen LogP contribution in [0.1, 0.15) is 19.4 Å². The number of thiocarbonyl (C=S) groups is 1. The van der Waals surface area contributed by atoms with Gasteiger partial charge in [-0.15, -0.1) is 0 Å². The van der Waals surface area contributed by atoms with Gasteiger partial charge in [-0.3, -0.25) is 0 Å². The third-order valence-electron chi connectivity index (χ3n) is 3.16. The summed E-state index contributed by atoms with van der Waals surface area (Å²) in [6, 6.07) is 6.48. The van der Waals surface area contributed by atoms with Crippen LogP contribution in [-0.4, -0.2) is 30.3 Å². The highest BCUT2D eigenvalue weighted by Gasteiger charge is 2.24. The molecule has 0 bridgehead atoms. The van der Waals surface area contributed by atoms with Gasteiger partial charge in [-0.1, -0.05) is 12.2 Å². The highest BCUT2D eigenvalue weighted by Crippen LogP contribution is 2.27. The van der Waals surface area contributed by atoms with Gasteiger partial charge < -0.3 is 15.4 Å². The lowest BCUT2D eigenvalue weighted by atomic mass is 10.1. The van der Waals surface area contributed by atoms with Crippen LogP contribution < -0.4 is 10.6 Å². The molecule has 0 saturated carbocycles. The van der Waals surface area contributed by atoms with Crippen molar-refractivity contribution in [3.05, 3.63) is 28.2 Å². The molecule has 0 aliphatic carbocycles. The average molecular weight is 329 g/mol. The summed E-state index contributed by atoms with van der Waals surface area (Å²) in [5.41, 5.74) is 7.71. The predicted molar refractivity (Wildman–Crippen MR) is 82.3 cm³/mol. The van der Waals surface area contributed by atoms with E-state index in [0.717, 1.165) is 23.2 Å². The monoisotopic (exact) mass is 328 g/mol. The van der Waals surface area contributed by atoms with Gasteiger partial charge >= 0.3 is 0 Å². The summed E-state index contributed by atoms with van der Waals surface area (Å²) in [5, 5.41) is 0. The molecule has 2 unspecified atom stereocenters. The van der Waals surface area contributed by atoms with Gasteiger partial charge in [-0.05, 0) is 48.0 Å². The van der Waals surface area contributed by atoms with Crippen molar-refractivity contribution in [2.24, 2.45) is 5.73 Å². The van der Waals surface area contributed by atoms with E-state index in [1.807, 2.05) is 6.07 Å². The van der Waals surface area contributed by atoms with Crippen LogP contribution in [0.4, 0.5) is 5.69 Å². The Morgan fingerprint density at radius 2 is 2.22 bits per heavy atom. The molecule has 98 valence electrons. The Morgan fingerprint density at radius 1 is 1.50 bits per heavy atom. The first kappa shape index (κ1) is 13.8. The van der Waals surface area contributed by atoms with Gasteiger partial charge in [0.15, 0.2) is 0 Å². The third kappa shape index (κ3) is 2.84. The van der Waals surface area contributed by atoms with Crippen LogP contribution in [0, 0.1) is 0 Å². The maximum atomic E-state index is 5.66. The van der Waals surface area contributed by atoms with Crippen molar-refractivity contribution in [3.63, 3.8) is 0 Å². The molecule has 0 spiro atoms. The molecule has 3 nitrogen and oxygen atoms in total. The molecule has 1 heterocycles. The zero-order valence-corrected chi connectivity index (χ0v) is 12.9. The summed E-state index contributed by atoms with van der Waals surface area (Å²) >= 11 is 8.53. The molecule has 2 N–H and O–H groups in total. The minimum atomic E-state index is 0.259. The normalized spacial score (nSPS) is 24.1. The van der Waals surface area contributed by atoms with Crippen LogP contribution >= 0.6 is 28.1 Å². The standard InChI is InChI=1S/C13H17BrN2OS/c1-8-7-17-9(2)6-16(8)10-3-4-11(13(15)18)12(14)5-10/h3-5,8-9H,6-7H2,1-2H3,(H2,15,18). The van der Waals surface area contributed by atoms with Gasteiger partial charge in [0.1, 0.15) is 4.99 Å². The van der Waals surface area contributed by atoms with E-state index >= 15 is 0 Å². The first-order chi connectivity index (χ1) is 8.49. The van der Waals surface area contributed by atoms with E-state index in [-0.39, 0.29) is 6.10 Å². The van der Waals surface area contributed by atoms with Crippen LogP contribution in [-0.2, 0) is 4.74 Å². The number of hydrogen-bond acceptors (Lipinski definition) is 3. The molecule has 0 amide bonds. The van der Waals surface area contributed by atoms with Gasteiger partial charge in [0.2, 0.25) is 0 Å². The molecule has 1 aromatic rings. The maximum Gasteiger partial charge on any atom is 0.105 e. The Labute approximate surface area is 121 Å². The zero-order chi connectivity index (χ0) is 13.3. The van der Waals surface area contributed by atoms with E-state index in [2.05, 4.69) is 46.8 Å². The SMILES string of the molecule is CC1CN(c2ccc(C(N)=S)c(Br)c2)C(C)CO1. The van der Waals surface area contributed by atoms with Gasteiger partial charge in [-0.25, -0.2) is 0 Å². The number of ether oxygens (including phenoxy) is 1. The summed E-state index contributed by atoms with van der Waals surface area (Å²) < 4.78 is 6.58. The molecule has 0 radical (unpaired) electrons. The Kier molecular flexibility index (Phi) is 4.25. The fourth-order valence-corrected chi connectivity index (χ4v) is 3.04. The topological polar surface area (TPSA) is 38.5 Å². The van der Waals surface area contributed by atoms with Gasteiger partial charge in [0, 0.05) is 28.3 Å². The summed E-state index contributed by atoms with van der Waals surface area (Å²) in [6.45, 7) is 5.93. The van der Waals surface area contributed by atoms with E-state index in [9.17, 15) is 0 Å². The largest absolute Gasteiger partial charge is 0.389 e. The van der Waals surface area contributed by atoms with Crippen molar-refractivity contribution < 1.29 is 4.74 Å². The Balaban J connectivity index is 2.28. The zero-order valence-electron chi connectivity index (χ0n) is 10.5. The Bertz CT molecular complexity index is 466. The predicted octanol–water partition coefficient (Wildman–Crippen LogP) is 2.70. The average Bonchev–Trinajstić information content (AvgIpc) is 2.31. The number of halogens is 1. The molecule has 2 atom stereocenters. The minimum Gasteiger partial charge on any atom is -0.389 e. The molecule has 1 aromatic carbocycles. The Hall–Kier alpha value is -0.650. The van der Waals surface area contributed by atoms with E-state index in [1.54, 1.807) is 0 Å². The molecular weight excluding hydrogens is 312 g/mol. The number of nitrogens with two attached hydrogens (primary N) is 1. The number of rotatable bonds is 2. The van der Waals surface area contributed by atoms with Crippen LogP contribution in [0.25, 0.3) is 0 Å². The first-order valence-electron chi connectivity index (χ1n) is 5.96. The number of nitrogens with zero attached hydrogens (tertiary/aromatic N) is 1. The minimum absolute atomic E-state index is 0.259. The lowest BCUT2D eigenvalue weighted by Gasteiger charge is -2.38. The number of morpholine rings is 1. The van der Waals surface area contributed by atoms with Gasteiger partial charge in [-0.2, -0.15) is 0 Å². The van der Waals surface area contributed by atoms with Crippen LogP contribution in [0.3, 0.4) is 0 Å². The summed E-state index contributed by atoms with van der Waals surface area (Å²) in [7, 11) is 0. The quantitative estimate of drug-likeness (QED) is 0.847. The van der Waals surface area contributed by atoms with E-state index in [0.29, 0.717) is 11.0 Å². The molecule has 1 aliphatic rings. The van der Waals surface area contributed by atoms with Crippen LogP contribution in [0.5, 0.6) is 0 Å². The second-order valence-corrected chi connectivity index (χ2v) is 5.97. The number of hydrogen-bond donors (Lipinski definition) is 1. The number of anilines is 1. The molecule has 0 aromatic heterocycles. The summed E-state index contributed by atoms with van der Waals surface area (Å²) in [4.78, 5) is 2.76. The lowest BCUT2D eigenvalue weighted by molar-refractivity contribution is 0.0344. The smallest absolute Gasteiger partial charge is 0.105 e. The molecule has 1 saturated heterocycles. The molecule has 1 aliphatic heterocycles. The van der Waals surface area contributed by atoms with Gasteiger partial charge in [0.05, 0.1) is 12.7 Å². The number of benzene rings is 1. The fourth-order valence-electron chi connectivity index (χ4n) is 2.15. The van der Waals surface area contributed by atoms with Crippen molar-refractivity contribution in [1.82, 2.24) is 0 Å². The van der Waals surface area contributed by atoms with Crippen molar-refractivity contribution in [2.45, 2.75) is 26.0 Å². The van der Waals surface area contributed by atoms with Crippen molar-refractivity contribution in [3.8, 4) is 0 Å². The fraction of sp³-hybridized carbons (Fsp3) is 0.462. The Morgan fingerprint density at radius 3 is 2.83 bits per heavy atom. The van der Waals surface area contributed by atoms with Crippen LogP contribution in [0.2, 0.25) is 0 Å². The van der Waals surface area contributed by atoms with Crippen LogP contribution in [0.15, 0.2) is 22.7 Å². The molecule has 1 fully saturated rings. The molecular formula is C13H17BrN2OS. The third-order valence-corrected chi connectivity index (χ3v) is 4.03. The van der Waals surface area contributed by atoms with E-state index in [4.69, 9.17) is 22.7 Å². The van der Waals surface area contributed by atoms with E-state index < -0.39 is 0 Å². The van der Waals surface area contributed by atoms with Crippen molar-refractivity contribution in [2.75, 3.05) is 18.1 Å². The molecule has 2 rings (SSSR count). The molecule has 5 heteroatoms.